The van der Waals surface area contributed by atoms with Gasteiger partial charge in [0.05, 0.1) is 18.7 Å². The van der Waals surface area contributed by atoms with Gasteiger partial charge >= 0.3 is 6.61 Å². The maximum Gasteiger partial charge on any atom is 0.387 e. The SMILES string of the molecule is Cc1cccn2cc(CNC(=O)Cc3ccc(OC(F)F)cc3)nc12. The van der Waals surface area contributed by atoms with Crippen LogP contribution in [0.4, 0.5) is 8.78 Å². The van der Waals surface area contributed by atoms with E-state index in [4.69, 9.17) is 0 Å². The van der Waals surface area contributed by atoms with Gasteiger partial charge in [-0.15, -0.1) is 0 Å². The number of amides is 1. The molecule has 0 aliphatic carbocycles. The normalized spacial score (nSPS) is 11.0. The molecule has 25 heavy (non-hydrogen) atoms. The summed E-state index contributed by atoms with van der Waals surface area (Å²) in [5.74, 6) is -0.101. The van der Waals surface area contributed by atoms with Crippen molar-refractivity contribution < 1.29 is 18.3 Å². The number of rotatable bonds is 6. The average molecular weight is 345 g/mol. The molecule has 0 bridgehead atoms. The van der Waals surface area contributed by atoms with Crippen molar-refractivity contribution >= 4 is 11.6 Å². The fourth-order valence-corrected chi connectivity index (χ4v) is 2.52. The lowest BCUT2D eigenvalue weighted by Gasteiger charge is -2.06. The first kappa shape index (κ1) is 16.9. The molecule has 1 aromatic carbocycles. The van der Waals surface area contributed by atoms with Crippen LogP contribution >= 0.6 is 0 Å². The highest BCUT2D eigenvalue weighted by Crippen LogP contribution is 2.15. The van der Waals surface area contributed by atoms with Crippen molar-refractivity contribution in [1.82, 2.24) is 14.7 Å². The molecule has 7 heteroatoms. The number of nitrogens with one attached hydrogen (secondary N) is 1. The third kappa shape index (κ3) is 4.32. The van der Waals surface area contributed by atoms with E-state index in [9.17, 15) is 13.6 Å². The Morgan fingerprint density at radius 3 is 2.72 bits per heavy atom. The zero-order valence-electron chi connectivity index (χ0n) is 13.6. The van der Waals surface area contributed by atoms with E-state index in [1.54, 1.807) is 12.1 Å². The summed E-state index contributed by atoms with van der Waals surface area (Å²) < 4.78 is 30.4. The molecule has 0 unspecified atom stereocenters. The smallest absolute Gasteiger partial charge is 0.387 e. The molecule has 0 fully saturated rings. The van der Waals surface area contributed by atoms with Crippen LogP contribution < -0.4 is 10.1 Å². The fraction of sp³-hybridized carbons (Fsp3) is 0.222. The first-order valence-electron chi connectivity index (χ1n) is 7.75. The molecular formula is C18H17F2N3O2. The van der Waals surface area contributed by atoms with E-state index < -0.39 is 6.61 Å². The third-order valence-corrected chi connectivity index (χ3v) is 3.71. The van der Waals surface area contributed by atoms with E-state index in [-0.39, 0.29) is 18.1 Å². The molecule has 0 atom stereocenters. The van der Waals surface area contributed by atoms with E-state index in [0.717, 1.165) is 16.9 Å². The highest BCUT2D eigenvalue weighted by molar-refractivity contribution is 5.78. The van der Waals surface area contributed by atoms with Gasteiger partial charge in [0, 0.05) is 12.4 Å². The first-order valence-corrected chi connectivity index (χ1v) is 7.75. The second-order valence-corrected chi connectivity index (χ2v) is 5.63. The summed E-state index contributed by atoms with van der Waals surface area (Å²) in [7, 11) is 0. The van der Waals surface area contributed by atoms with Gasteiger partial charge in [0.15, 0.2) is 0 Å². The fourth-order valence-electron chi connectivity index (χ4n) is 2.52. The average Bonchev–Trinajstić information content (AvgIpc) is 2.99. The molecule has 5 nitrogen and oxygen atoms in total. The molecule has 0 saturated carbocycles. The largest absolute Gasteiger partial charge is 0.435 e. The standard InChI is InChI=1S/C18H17F2N3O2/c1-12-3-2-8-23-11-14(22-17(12)23)10-21-16(24)9-13-4-6-15(7-5-13)25-18(19)20/h2-8,11,18H,9-10H2,1H3,(H,21,24). The minimum Gasteiger partial charge on any atom is -0.435 e. The summed E-state index contributed by atoms with van der Waals surface area (Å²) in [6, 6.07) is 9.93. The molecule has 2 heterocycles. The Morgan fingerprint density at radius 2 is 2.04 bits per heavy atom. The Hall–Kier alpha value is -2.96. The van der Waals surface area contributed by atoms with Gasteiger partial charge in [0.1, 0.15) is 11.4 Å². The number of nitrogens with zero attached hydrogens (tertiary/aromatic N) is 2. The number of aromatic nitrogens is 2. The van der Waals surface area contributed by atoms with Crippen LogP contribution in [-0.2, 0) is 17.8 Å². The number of carbonyl (C=O) groups is 1. The number of fused-ring (bicyclic) bond motifs is 1. The van der Waals surface area contributed by atoms with E-state index in [1.165, 1.54) is 12.1 Å². The van der Waals surface area contributed by atoms with Crippen molar-refractivity contribution in [3.05, 3.63) is 65.6 Å². The molecule has 0 saturated heterocycles. The lowest BCUT2D eigenvalue weighted by molar-refractivity contribution is -0.120. The van der Waals surface area contributed by atoms with Crippen LogP contribution in [0, 0.1) is 6.92 Å². The van der Waals surface area contributed by atoms with Gasteiger partial charge in [-0.05, 0) is 36.2 Å². The van der Waals surface area contributed by atoms with E-state index >= 15 is 0 Å². The molecule has 130 valence electrons. The van der Waals surface area contributed by atoms with Crippen molar-refractivity contribution in [3.63, 3.8) is 0 Å². The van der Waals surface area contributed by atoms with Crippen molar-refractivity contribution in [2.75, 3.05) is 0 Å². The number of halogens is 2. The first-order chi connectivity index (χ1) is 12.0. The van der Waals surface area contributed by atoms with Crippen LogP contribution in [-0.4, -0.2) is 21.9 Å². The monoisotopic (exact) mass is 345 g/mol. The lowest BCUT2D eigenvalue weighted by Crippen LogP contribution is -2.24. The molecule has 1 N–H and O–H groups in total. The summed E-state index contributed by atoms with van der Waals surface area (Å²) in [6.45, 7) is -0.554. The van der Waals surface area contributed by atoms with Gasteiger partial charge in [0.25, 0.3) is 0 Å². The number of carbonyl (C=O) groups excluding carboxylic acids is 1. The Morgan fingerprint density at radius 1 is 1.28 bits per heavy atom. The quantitative estimate of drug-likeness (QED) is 0.747. The summed E-state index contributed by atoms with van der Waals surface area (Å²) >= 11 is 0. The van der Waals surface area contributed by atoms with Crippen LogP contribution in [0.5, 0.6) is 5.75 Å². The zero-order valence-corrected chi connectivity index (χ0v) is 13.6. The van der Waals surface area contributed by atoms with Crippen molar-refractivity contribution in [2.45, 2.75) is 26.5 Å². The van der Waals surface area contributed by atoms with E-state index in [2.05, 4.69) is 15.0 Å². The van der Waals surface area contributed by atoms with Crippen LogP contribution in [0.1, 0.15) is 16.8 Å². The van der Waals surface area contributed by atoms with Crippen molar-refractivity contribution in [2.24, 2.45) is 0 Å². The number of imidazole rings is 1. The maximum atomic E-state index is 12.1. The van der Waals surface area contributed by atoms with E-state index in [1.807, 2.05) is 35.9 Å². The van der Waals surface area contributed by atoms with Gasteiger partial charge in [-0.3, -0.25) is 4.79 Å². The van der Waals surface area contributed by atoms with Gasteiger partial charge in [-0.2, -0.15) is 8.78 Å². The second kappa shape index (κ2) is 7.29. The second-order valence-electron chi connectivity index (χ2n) is 5.63. The highest BCUT2D eigenvalue weighted by Gasteiger charge is 2.08. The van der Waals surface area contributed by atoms with Gasteiger partial charge in [-0.25, -0.2) is 4.98 Å². The minimum absolute atomic E-state index is 0.0687. The van der Waals surface area contributed by atoms with Crippen LogP contribution in [0.25, 0.3) is 5.65 Å². The molecule has 0 radical (unpaired) electrons. The number of alkyl halides is 2. The molecule has 0 aliphatic rings. The number of hydrogen-bond donors (Lipinski definition) is 1. The molecule has 2 aromatic heterocycles. The molecule has 0 aliphatic heterocycles. The predicted octanol–water partition coefficient (Wildman–Crippen LogP) is 3.10. The number of aryl methyl sites for hydroxylation is 1. The third-order valence-electron chi connectivity index (χ3n) is 3.71. The number of hydrogen-bond acceptors (Lipinski definition) is 3. The van der Waals surface area contributed by atoms with Crippen molar-refractivity contribution in [1.29, 1.82) is 0 Å². The Kier molecular flexibility index (Phi) is 4.92. The topological polar surface area (TPSA) is 55.6 Å². The van der Waals surface area contributed by atoms with E-state index in [0.29, 0.717) is 12.1 Å². The summed E-state index contributed by atoms with van der Waals surface area (Å²) in [4.78, 5) is 16.5. The zero-order chi connectivity index (χ0) is 17.8. The maximum absolute atomic E-state index is 12.1. The molecule has 3 rings (SSSR count). The molecular weight excluding hydrogens is 328 g/mol. The minimum atomic E-state index is -2.86. The van der Waals surface area contributed by atoms with Crippen LogP contribution in [0.2, 0.25) is 0 Å². The predicted molar refractivity (Wildman–Crippen MR) is 88.6 cm³/mol. The molecule has 1 amide bonds. The molecule has 0 spiro atoms. The van der Waals surface area contributed by atoms with Crippen LogP contribution in [0.15, 0.2) is 48.8 Å². The Bertz CT molecular complexity index is 876. The number of pyridine rings is 1. The lowest BCUT2D eigenvalue weighted by atomic mass is 10.1. The Balaban J connectivity index is 1.56. The summed E-state index contributed by atoms with van der Waals surface area (Å²) in [5.41, 5.74) is 3.40. The summed E-state index contributed by atoms with van der Waals surface area (Å²) in [5, 5.41) is 2.81. The molecule has 3 aromatic rings. The van der Waals surface area contributed by atoms with Gasteiger partial charge < -0.3 is 14.5 Å². The van der Waals surface area contributed by atoms with Gasteiger partial charge in [0.2, 0.25) is 5.91 Å². The Labute approximate surface area is 143 Å². The number of ether oxygens (including phenoxy) is 1. The summed E-state index contributed by atoms with van der Waals surface area (Å²) in [6.07, 6.45) is 3.93. The number of benzene rings is 1. The van der Waals surface area contributed by atoms with Gasteiger partial charge in [-0.1, -0.05) is 18.2 Å². The van der Waals surface area contributed by atoms with Crippen molar-refractivity contribution in [3.8, 4) is 5.75 Å². The highest BCUT2D eigenvalue weighted by atomic mass is 19.3. The van der Waals surface area contributed by atoms with Crippen LogP contribution in [0.3, 0.4) is 0 Å².